The number of ether oxygens (including phenoxy) is 1. The maximum atomic E-state index is 12.9. The van der Waals surface area contributed by atoms with Crippen LogP contribution >= 0.6 is 0 Å². The summed E-state index contributed by atoms with van der Waals surface area (Å²) in [5.74, 6) is 6.90. The zero-order valence-corrected chi connectivity index (χ0v) is 20.8. The Morgan fingerprint density at radius 1 is 1.03 bits per heavy atom. The van der Waals surface area contributed by atoms with Gasteiger partial charge in [-0.05, 0) is 50.3 Å². The molecule has 0 atom stereocenters. The lowest BCUT2D eigenvalue weighted by Crippen LogP contribution is -2.42. The van der Waals surface area contributed by atoms with E-state index >= 15 is 0 Å². The molecule has 2 amide bonds. The number of nitrogens with two attached hydrogens (primary N) is 2. The topological polar surface area (TPSA) is 101 Å². The van der Waals surface area contributed by atoms with Crippen molar-refractivity contribution in [2.45, 2.75) is 51.7 Å². The number of pyridine rings is 1. The van der Waals surface area contributed by atoms with E-state index in [1.807, 2.05) is 49.4 Å². The molecule has 2 aromatic rings. The van der Waals surface area contributed by atoms with Crippen molar-refractivity contribution in [2.24, 2.45) is 11.6 Å². The van der Waals surface area contributed by atoms with E-state index in [0.717, 1.165) is 29.8 Å². The lowest BCUT2D eigenvalue weighted by molar-refractivity contribution is 0.153. The fraction of sp³-hybridized carbons (Fsp3) is 0.462. The first-order valence-electron chi connectivity index (χ1n) is 11.9. The molecule has 1 aromatic heterocycles. The molecular formula is C26H38N6O2. The molecular weight excluding hydrogens is 428 g/mol. The van der Waals surface area contributed by atoms with Crippen LogP contribution in [-0.4, -0.2) is 59.6 Å². The number of carbonyl (C=O) groups is 1. The number of hydrazine groups is 1. The molecule has 8 nitrogen and oxygen atoms in total. The minimum Gasteiger partial charge on any atom is -0.489 e. The molecule has 1 saturated carbocycles. The van der Waals surface area contributed by atoms with Crippen molar-refractivity contribution in [3.63, 3.8) is 0 Å². The van der Waals surface area contributed by atoms with Gasteiger partial charge in [0.1, 0.15) is 5.75 Å². The molecule has 0 spiro atoms. The molecule has 0 saturated heterocycles. The standard InChI is InChI=1S/C26H38N6O2/c1-19-24(34-21-13-9-6-10-14-21)16-15-22(29-19)25(27)23(32(4)28)18-31(3)26(33)30(2)17-20-11-7-5-8-12-20/h5,7-8,11-12,15-16,21H,6,9-10,13-14,17-18,27-28H2,1-4H3/b25-23-. The van der Waals surface area contributed by atoms with E-state index in [9.17, 15) is 4.79 Å². The summed E-state index contributed by atoms with van der Waals surface area (Å²) in [4.78, 5) is 20.9. The third kappa shape index (κ3) is 6.63. The zero-order chi connectivity index (χ0) is 24.7. The predicted molar refractivity (Wildman–Crippen MR) is 135 cm³/mol. The van der Waals surface area contributed by atoms with Crippen molar-refractivity contribution in [3.8, 4) is 5.75 Å². The Hall–Kier alpha value is -3.26. The van der Waals surface area contributed by atoms with E-state index in [1.54, 1.807) is 30.9 Å². The third-order valence-electron chi connectivity index (χ3n) is 6.20. The predicted octanol–water partition coefficient (Wildman–Crippen LogP) is 3.72. The first kappa shape index (κ1) is 25.4. The second kappa shape index (κ2) is 11.7. The van der Waals surface area contributed by atoms with Gasteiger partial charge >= 0.3 is 6.03 Å². The molecule has 4 N–H and O–H groups in total. The Kier molecular flexibility index (Phi) is 8.76. The van der Waals surface area contributed by atoms with Gasteiger partial charge in [-0.15, -0.1) is 0 Å². The number of carbonyl (C=O) groups excluding carboxylic acids is 1. The maximum absolute atomic E-state index is 12.9. The highest BCUT2D eigenvalue weighted by atomic mass is 16.5. The number of aryl methyl sites for hydroxylation is 1. The fourth-order valence-corrected chi connectivity index (χ4v) is 4.23. The largest absolute Gasteiger partial charge is 0.489 e. The van der Waals surface area contributed by atoms with Crippen molar-refractivity contribution in [3.05, 3.63) is 65.1 Å². The lowest BCUT2D eigenvalue weighted by Gasteiger charge is -2.29. The van der Waals surface area contributed by atoms with Gasteiger partial charge in [-0.25, -0.2) is 15.6 Å². The second-order valence-corrected chi connectivity index (χ2v) is 9.11. The highest BCUT2D eigenvalue weighted by Crippen LogP contribution is 2.26. The molecule has 34 heavy (non-hydrogen) atoms. The van der Waals surface area contributed by atoms with Crippen LogP contribution in [0.15, 0.2) is 48.2 Å². The number of rotatable bonds is 8. The number of nitrogens with zero attached hydrogens (tertiary/aromatic N) is 4. The Bertz CT molecular complexity index is 986. The SMILES string of the molecule is Cc1nc(/C(N)=C(\CN(C)C(=O)N(C)Cc2ccccc2)N(C)N)ccc1OC1CCCCC1. The van der Waals surface area contributed by atoms with E-state index in [-0.39, 0.29) is 18.7 Å². The first-order chi connectivity index (χ1) is 16.3. The molecule has 0 radical (unpaired) electrons. The molecule has 1 heterocycles. The maximum Gasteiger partial charge on any atom is 0.320 e. The minimum atomic E-state index is -0.128. The zero-order valence-electron chi connectivity index (χ0n) is 20.8. The van der Waals surface area contributed by atoms with Crippen LogP contribution in [0.5, 0.6) is 5.75 Å². The van der Waals surface area contributed by atoms with Gasteiger partial charge in [-0.3, -0.25) is 0 Å². The smallest absolute Gasteiger partial charge is 0.320 e. The molecule has 3 rings (SSSR count). The Morgan fingerprint density at radius 2 is 1.71 bits per heavy atom. The number of urea groups is 1. The summed E-state index contributed by atoms with van der Waals surface area (Å²) in [7, 11) is 5.22. The summed E-state index contributed by atoms with van der Waals surface area (Å²) in [6.45, 7) is 2.69. The summed E-state index contributed by atoms with van der Waals surface area (Å²) in [5, 5.41) is 1.44. The number of likely N-dealkylation sites (N-methyl/N-ethyl adjacent to an activating group) is 2. The Balaban J connectivity index is 1.72. The van der Waals surface area contributed by atoms with Gasteiger partial charge in [-0.1, -0.05) is 36.8 Å². The van der Waals surface area contributed by atoms with E-state index in [4.69, 9.17) is 16.3 Å². The molecule has 1 aromatic carbocycles. The van der Waals surface area contributed by atoms with Crippen LogP contribution in [0.25, 0.3) is 5.70 Å². The molecule has 1 aliphatic carbocycles. The van der Waals surface area contributed by atoms with Crippen LogP contribution in [0.2, 0.25) is 0 Å². The fourth-order valence-electron chi connectivity index (χ4n) is 4.23. The van der Waals surface area contributed by atoms with Crippen LogP contribution in [0.1, 0.15) is 49.1 Å². The Morgan fingerprint density at radius 3 is 2.32 bits per heavy atom. The molecule has 0 bridgehead atoms. The average Bonchev–Trinajstić information content (AvgIpc) is 2.83. The van der Waals surface area contributed by atoms with Crippen molar-refractivity contribution in [1.29, 1.82) is 0 Å². The monoisotopic (exact) mass is 466 g/mol. The molecule has 184 valence electrons. The first-order valence-corrected chi connectivity index (χ1v) is 11.9. The number of amides is 2. The molecule has 0 aliphatic heterocycles. The van der Waals surface area contributed by atoms with Gasteiger partial charge < -0.3 is 25.3 Å². The summed E-state index contributed by atoms with van der Waals surface area (Å²) in [6.07, 6.45) is 6.14. The van der Waals surface area contributed by atoms with Gasteiger partial charge in [0.25, 0.3) is 0 Å². The van der Waals surface area contributed by atoms with Gasteiger partial charge in [0.05, 0.1) is 35.4 Å². The molecule has 8 heteroatoms. The highest BCUT2D eigenvalue weighted by Gasteiger charge is 2.20. The van der Waals surface area contributed by atoms with Crippen molar-refractivity contribution < 1.29 is 9.53 Å². The van der Waals surface area contributed by atoms with Crippen LogP contribution in [0.4, 0.5) is 4.79 Å². The van der Waals surface area contributed by atoms with E-state index in [0.29, 0.717) is 23.6 Å². The number of benzene rings is 1. The average molecular weight is 467 g/mol. The normalized spacial score (nSPS) is 14.9. The van der Waals surface area contributed by atoms with Crippen molar-refractivity contribution in [1.82, 2.24) is 19.8 Å². The molecule has 1 fully saturated rings. The van der Waals surface area contributed by atoms with Gasteiger partial charge in [0.2, 0.25) is 0 Å². The Labute approximate surface area is 203 Å². The summed E-state index contributed by atoms with van der Waals surface area (Å²) in [6, 6.07) is 13.5. The van der Waals surface area contributed by atoms with E-state index in [2.05, 4.69) is 4.98 Å². The summed E-state index contributed by atoms with van der Waals surface area (Å²) < 4.78 is 6.19. The molecule has 0 unspecified atom stereocenters. The summed E-state index contributed by atoms with van der Waals surface area (Å²) >= 11 is 0. The van der Waals surface area contributed by atoms with Gasteiger partial charge in [-0.2, -0.15) is 0 Å². The van der Waals surface area contributed by atoms with Crippen molar-refractivity contribution in [2.75, 3.05) is 27.7 Å². The van der Waals surface area contributed by atoms with Crippen LogP contribution in [0.3, 0.4) is 0 Å². The number of hydrogen-bond acceptors (Lipinski definition) is 6. The van der Waals surface area contributed by atoms with Gasteiger partial charge in [0.15, 0.2) is 0 Å². The van der Waals surface area contributed by atoms with Crippen LogP contribution in [-0.2, 0) is 6.54 Å². The second-order valence-electron chi connectivity index (χ2n) is 9.11. The number of hydrogen-bond donors (Lipinski definition) is 2. The molecule has 1 aliphatic rings. The van der Waals surface area contributed by atoms with Crippen LogP contribution < -0.4 is 16.3 Å². The van der Waals surface area contributed by atoms with Gasteiger partial charge in [0, 0.05) is 27.7 Å². The minimum absolute atomic E-state index is 0.128. The quantitative estimate of drug-likeness (QED) is 0.454. The van der Waals surface area contributed by atoms with Crippen LogP contribution in [0, 0.1) is 6.92 Å². The lowest BCUT2D eigenvalue weighted by atomic mass is 9.98. The third-order valence-corrected chi connectivity index (χ3v) is 6.20. The highest BCUT2D eigenvalue weighted by molar-refractivity contribution is 5.75. The van der Waals surface area contributed by atoms with E-state index < -0.39 is 0 Å². The van der Waals surface area contributed by atoms with Crippen molar-refractivity contribution >= 4 is 11.7 Å². The summed E-state index contributed by atoms with van der Waals surface area (Å²) in [5.41, 5.74) is 10.00. The van der Waals surface area contributed by atoms with E-state index in [1.165, 1.54) is 24.3 Å². The number of aromatic nitrogens is 1.